The van der Waals surface area contributed by atoms with Crippen LogP contribution in [0.5, 0.6) is 0 Å². The summed E-state index contributed by atoms with van der Waals surface area (Å²) in [6.07, 6.45) is 2.29. The highest BCUT2D eigenvalue weighted by Crippen LogP contribution is 2.34. The highest BCUT2D eigenvalue weighted by molar-refractivity contribution is 5.79. The first-order valence-corrected chi connectivity index (χ1v) is 9.65. The number of rotatable bonds is 6. The van der Waals surface area contributed by atoms with E-state index >= 15 is 0 Å². The molecule has 1 fully saturated rings. The molecule has 6 heteroatoms. The monoisotopic (exact) mass is 387 g/mol. The summed E-state index contributed by atoms with van der Waals surface area (Å²) in [5, 5.41) is 6.63. The van der Waals surface area contributed by atoms with Crippen molar-refractivity contribution in [1.29, 1.82) is 0 Å². The van der Waals surface area contributed by atoms with Gasteiger partial charge < -0.3 is 15.4 Å². The fourth-order valence-corrected chi connectivity index (χ4v) is 3.62. The Morgan fingerprint density at radius 2 is 1.75 bits per heavy atom. The molecule has 0 bridgehead atoms. The molecule has 2 aromatic carbocycles. The summed E-state index contributed by atoms with van der Waals surface area (Å²) in [4.78, 5) is 4.27. The molecule has 0 saturated carbocycles. The molecule has 0 amide bonds. The number of halogens is 2. The summed E-state index contributed by atoms with van der Waals surface area (Å²) in [6, 6.07) is 13.5. The third-order valence-electron chi connectivity index (χ3n) is 5.37. The molecule has 2 N–H and O–H groups in total. The molecule has 0 atom stereocenters. The van der Waals surface area contributed by atoms with Crippen molar-refractivity contribution in [3.05, 3.63) is 71.3 Å². The normalized spacial score (nSPS) is 16.6. The Hall–Kier alpha value is -2.47. The average Bonchev–Trinajstić information content (AvgIpc) is 2.73. The van der Waals surface area contributed by atoms with Crippen LogP contribution in [0.25, 0.3) is 0 Å². The highest BCUT2D eigenvalue weighted by atomic mass is 19.1. The Balaban J connectivity index is 1.60. The highest BCUT2D eigenvalue weighted by Gasteiger charge is 2.34. The molecule has 28 heavy (non-hydrogen) atoms. The SMILES string of the molecule is CN=C(NCCc1ccccc1F)NCC1(c2ccc(F)cc2)CCOCC1. The van der Waals surface area contributed by atoms with Crippen LogP contribution in [0.15, 0.2) is 53.5 Å². The Kier molecular flexibility index (Phi) is 6.98. The Morgan fingerprint density at radius 3 is 2.43 bits per heavy atom. The van der Waals surface area contributed by atoms with E-state index in [4.69, 9.17) is 4.74 Å². The zero-order valence-electron chi connectivity index (χ0n) is 16.2. The lowest BCUT2D eigenvalue weighted by atomic mass is 9.74. The number of benzene rings is 2. The van der Waals surface area contributed by atoms with Gasteiger partial charge >= 0.3 is 0 Å². The quantitative estimate of drug-likeness (QED) is 0.590. The lowest BCUT2D eigenvalue weighted by Crippen LogP contribution is -2.48. The third kappa shape index (κ3) is 5.07. The molecule has 1 heterocycles. The molecular formula is C22H27F2N3O. The Labute approximate surface area is 165 Å². The van der Waals surface area contributed by atoms with E-state index in [2.05, 4.69) is 15.6 Å². The maximum absolute atomic E-state index is 13.7. The van der Waals surface area contributed by atoms with Crippen molar-refractivity contribution in [3.8, 4) is 0 Å². The zero-order chi connectivity index (χ0) is 19.8. The average molecular weight is 387 g/mol. The molecule has 1 aliphatic rings. The second-order valence-electron chi connectivity index (χ2n) is 7.09. The zero-order valence-corrected chi connectivity index (χ0v) is 16.2. The first-order chi connectivity index (χ1) is 13.6. The molecule has 0 radical (unpaired) electrons. The van der Waals surface area contributed by atoms with Crippen LogP contribution >= 0.6 is 0 Å². The maximum Gasteiger partial charge on any atom is 0.191 e. The first kappa shape index (κ1) is 20.3. The fourth-order valence-electron chi connectivity index (χ4n) is 3.62. The van der Waals surface area contributed by atoms with E-state index in [0.29, 0.717) is 44.2 Å². The van der Waals surface area contributed by atoms with Crippen LogP contribution in [0.1, 0.15) is 24.0 Å². The van der Waals surface area contributed by atoms with Gasteiger partial charge in [-0.05, 0) is 48.6 Å². The number of aliphatic imine (C=N–C) groups is 1. The number of nitrogens with zero attached hydrogens (tertiary/aromatic N) is 1. The fraction of sp³-hybridized carbons (Fsp3) is 0.409. The van der Waals surface area contributed by atoms with Gasteiger partial charge in [0.2, 0.25) is 0 Å². The van der Waals surface area contributed by atoms with Gasteiger partial charge in [0.1, 0.15) is 11.6 Å². The number of hydrogen-bond acceptors (Lipinski definition) is 2. The molecule has 2 aromatic rings. The van der Waals surface area contributed by atoms with Crippen LogP contribution in [0.3, 0.4) is 0 Å². The lowest BCUT2D eigenvalue weighted by molar-refractivity contribution is 0.0513. The molecule has 0 spiro atoms. The molecule has 0 unspecified atom stereocenters. The van der Waals surface area contributed by atoms with E-state index in [1.807, 2.05) is 18.2 Å². The van der Waals surface area contributed by atoms with E-state index in [-0.39, 0.29) is 17.0 Å². The van der Waals surface area contributed by atoms with E-state index < -0.39 is 0 Å². The minimum atomic E-state index is -0.232. The summed E-state index contributed by atoms with van der Waals surface area (Å²) >= 11 is 0. The van der Waals surface area contributed by atoms with E-state index in [1.54, 1.807) is 19.2 Å². The van der Waals surface area contributed by atoms with E-state index in [9.17, 15) is 8.78 Å². The maximum atomic E-state index is 13.7. The van der Waals surface area contributed by atoms with Crippen LogP contribution in [-0.4, -0.2) is 39.3 Å². The standard InChI is InChI=1S/C22H27F2N3O/c1-25-21(26-13-10-17-4-2-3-5-20(17)24)27-16-22(11-14-28-15-12-22)18-6-8-19(23)9-7-18/h2-9H,10-16H2,1H3,(H2,25,26,27). The van der Waals surface area contributed by atoms with Crippen molar-refractivity contribution in [2.45, 2.75) is 24.7 Å². The lowest BCUT2D eigenvalue weighted by Gasteiger charge is -2.38. The first-order valence-electron chi connectivity index (χ1n) is 9.65. The summed E-state index contributed by atoms with van der Waals surface area (Å²) in [6.45, 7) is 2.60. The number of hydrogen-bond donors (Lipinski definition) is 2. The number of guanidine groups is 1. The van der Waals surface area contributed by atoms with Crippen molar-refractivity contribution in [1.82, 2.24) is 10.6 Å². The number of nitrogens with one attached hydrogen (secondary N) is 2. The van der Waals surface area contributed by atoms with Crippen LogP contribution < -0.4 is 10.6 Å². The van der Waals surface area contributed by atoms with Gasteiger partial charge in [0.05, 0.1) is 0 Å². The van der Waals surface area contributed by atoms with Gasteiger partial charge in [-0.1, -0.05) is 30.3 Å². The van der Waals surface area contributed by atoms with Gasteiger partial charge in [0.25, 0.3) is 0 Å². The van der Waals surface area contributed by atoms with Crippen LogP contribution in [0.2, 0.25) is 0 Å². The van der Waals surface area contributed by atoms with E-state index in [1.165, 1.54) is 18.2 Å². The van der Waals surface area contributed by atoms with Gasteiger partial charge in [-0.15, -0.1) is 0 Å². The molecule has 3 rings (SSSR count). The molecular weight excluding hydrogens is 360 g/mol. The van der Waals surface area contributed by atoms with Crippen molar-refractivity contribution in [2.24, 2.45) is 4.99 Å². The third-order valence-corrected chi connectivity index (χ3v) is 5.37. The smallest absolute Gasteiger partial charge is 0.191 e. The van der Waals surface area contributed by atoms with Gasteiger partial charge in [0.15, 0.2) is 5.96 Å². The van der Waals surface area contributed by atoms with Crippen LogP contribution in [-0.2, 0) is 16.6 Å². The van der Waals surface area contributed by atoms with Crippen molar-refractivity contribution in [2.75, 3.05) is 33.4 Å². The summed E-state index contributed by atoms with van der Waals surface area (Å²) in [5.41, 5.74) is 1.65. The van der Waals surface area contributed by atoms with Crippen molar-refractivity contribution in [3.63, 3.8) is 0 Å². The number of ether oxygens (including phenoxy) is 1. The second kappa shape index (κ2) is 9.64. The molecule has 150 valence electrons. The summed E-state index contributed by atoms with van der Waals surface area (Å²) in [5.74, 6) is 0.249. The van der Waals surface area contributed by atoms with Gasteiger partial charge in [0, 0.05) is 38.8 Å². The van der Waals surface area contributed by atoms with Crippen molar-refractivity contribution >= 4 is 5.96 Å². The van der Waals surface area contributed by atoms with Crippen molar-refractivity contribution < 1.29 is 13.5 Å². The molecule has 0 aromatic heterocycles. The second-order valence-corrected chi connectivity index (χ2v) is 7.09. The predicted molar refractivity (Wildman–Crippen MR) is 108 cm³/mol. The van der Waals surface area contributed by atoms with Crippen LogP contribution in [0.4, 0.5) is 8.78 Å². The molecule has 1 saturated heterocycles. The molecule has 1 aliphatic heterocycles. The largest absolute Gasteiger partial charge is 0.381 e. The van der Waals surface area contributed by atoms with Gasteiger partial charge in [-0.3, -0.25) is 4.99 Å². The molecule has 4 nitrogen and oxygen atoms in total. The van der Waals surface area contributed by atoms with Crippen LogP contribution in [0, 0.1) is 11.6 Å². The molecule has 0 aliphatic carbocycles. The van der Waals surface area contributed by atoms with E-state index in [0.717, 1.165) is 18.4 Å². The van der Waals surface area contributed by atoms with Gasteiger partial charge in [-0.2, -0.15) is 0 Å². The Morgan fingerprint density at radius 1 is 1.04 bits per heavy atom. The summed E-state index contributed by atoms with van der Waals surface area (Å²) < 4.78 is 32.6. The summed E-state index contributed by atoms with van der Waals surface area (Å²) in [7, 11) is 1.72. The predicted octanol–water partition coefficient (Wildman–Crippen LogP) is 3.42. The Bertz CT molecular complexity index is 787. The minimum absolute atomic E-state index is 0.130. The van der Waals surface area contributed by atoms with Gasteiger partial charge in [-0.25, -0.2) is 8.78 Å². The minimum Gasteiger partial charge on any atom is -0.381 e. The topological polar surface area (TPSA) is 45.7 Å².